The van der Waals surface area contributed by atoms with E-state index in [4.69, 9.17) is 37.9 Å². The van der Waals surface area contributed by atoms with Crippen LogP contribution in [0.25, 0.3) is 0 Å². The van der Waals surface area contributed by atoms with E-state index in [0.717, 1.165) is 32.1 Å². The normalized spacial score (nSPS) is 35.0. The first-order valence-electron chi connectivity index (χ1n) is 22.6. The summed E-state index contributed by atoms with van der Waals surface area (Å²) in [5.74, 6) is -8.38. The van der Waals surface area contributed by atoms with Crippen molar-refractivity contribution in [2.24, 2.45) is 10.8 Å². The first-order chi connectivity index (χ1) is 30.9. The molecule has 11 atom stereocenters. The fourth-order valence-electron chi connectivity index (χ4n) is 8.70. The largest absolute Gasteiger partial charge is 0.466 e. The Kier molecular flexibility index (Phi) is 19.3. The van der Waals surface area contributed by atoms with Gasteiger partial charge in [-0.2, -0.15) is 0 Å². The van der Waals surface area contributed by atoms with Crippen molar-refractivity contribution in [1.29, 1.82) is 0 Å². The Morgan fingerprint density at radius 3 is 2.30 bits per heavy atom. The molecule has 4 aliphatic heterocycles. The van der Waals surface area contributed by atoms with E-state index in [1.807, 2.05) is 13.0 Å². The van der Waals surface area contributed by atoms with Crippen molar-refractivity contribution in [3.05, 3.63) is 72.4 Å². The van der Waals surface area contributed by atoms with Gasteiger partial charge in [0.15, 0.2) is 11.9 Å². The van der Waals surface area contributed by atoms with Gasteiger partial charge in [-0.15, -0.1) is 0 Å². The molecule has 4 heterocycles. The molecular weight excluding hydrogens is 861 g/mol. The van der Waals surface area contributed by atoms with E-state index < -0.39 is 114 Å². The van der Waals surface area contributed by atoms with Crippen LogP contribution in [0.4, 0.5) is 0 Å². The smallest absolute Gasteiger partial charge is 0.331 e. The monoisotopic (exact) mass is 930 g/mol. The number of ether oxygens (including phenoxy) is 8. The van der Waals surface area contributed by atoms with Gasteiger partial charge < -0.3 is 58.3 Å². The van der Waals surface area contributed by atoms with Crippen molar-refractivity contribution in [2.75, 3.05) is 13.7 Å². The van der Waals surface area contributed by atoms with Gasteiger partial charge in [-0.3, -0.25) is 9.59 Å². The quantitative estimate of drug-likeness (QED) is 0.0713. The number of aliphatic hydroxyl groups excluding tert-OH is 2. The second-order valence-electron chi connectivity index (χ2n) is 18.7. The maximum absolute atomic E-state index is 13.5. The summed E-state index contributed by atoms with van der Waals surface area (Å²) in [5.41, 5.74) is -2.10. The molecule has 4 rings (SSSR count). The summed E-state index contributed by atoms with van der Waals surface area (Å²) in [6, 6.07) is 0. The van der Waals surface area contributed by atoms with Crippen LogP contribution < -0.4 is 0 Å². The van der Waals surface area contributed by atoms with Gasteiger partial charge in [0.1, 0.15) is 18.8 Å². The molecule has 6 bridgehead atoms. The topological polar surface area (TPSA) is 240 Å². The minimum atomic E-state index is -2.48. The Hall–Kier alpha value is -4.49. The maximum Gasteiger partial charge on any atom is 0.331 e. The van der Waals surface area contributed by atoms with E-state index >= 15 is 0 Å². The summed E-state index contributed by atoms with van der Waals surface area (Å²) in [5, 5.41) is 47.7. The van der Waals surface area contributed by atoms with E-state index in [9.17, 15) is 44.4 Å². The van der Waals surface area contributed by atoms with Gasteiger partial charge >= 0.3 is 29.8 Å². The van der Waals surface area contributed by atoms with Crippen LogP contribution in [0.2, 0.25) is 0 Å². The second-order valence-corrected chi connectivity index (χ2v) is 18.7. The average molecular weight is 931 g/mol. The molecule has 3 fully saturated rings. The Morgan fingerprint density at radius 2 is 1.65 bits per heavy atom. The summed E-state index contributed by atoms with van der Waals surface area (Å²) < 4.78 is 47.1. The van der Waals surface area contributed by atoms with Gasteiger partial charge in [0, 0.05) is 56.3 Å². The molecule has 4 aliphatic rings. The molecule has 17 nitrogen and oxygen atoms in total. The van der Waals surface area contributed by atoms with Crippen LogP contribution in [0.5, 0.6) is 0 Å². The molecule has 0 amide bonds. The van der Waals surface area contributed by atoms with Crippen molar-refractivity contribution in [2.45, 2.75) is 179 Å². The molecule has 0 aromatic heterocycles. The van der Waals surface area contributed by atoms with Crippen molar-refractivity contribution in [1.82, 2.24) is 0 Å². The number of rotatable bonds is 11. The lowest BCUT2D eigenvalue weighted by Crippen LogP contribution is -2.62. The van der Waals surface area contributed by atoms with Crippen LogP contribution in [0, 0.1) is 10.8 Å². The lowest BCUT2D eigenvalue weighted by Gasteiger charge is -2.53. The fourth-order valence-corrected chi connectivity index (χ4v) is 8.70. The maximum atomic E-state index is 13.5. The highest BCUT2D eigenvalue weighted by Crippen LogP contribution is 2.50. The summed E-state index contributed by atoms with van der Waals surface area (Å²) in [4.78, 5) is 65.1. The van der Waals surface area contributed by atoms with Crippen LogP contribution in [0.1, 0.15) is 113 Å². The van der Waals surface area contributed by atoms with Crippen LogP contribution in [0.15, 0.2) is 72.4 Å². The zero-order valence-electron chi connectivity index (χ0n) is 39.5. The average Bonchev–Trinajstić information content (AvgIpc) is 3.21. The Balaban J connectivity index is 1.90. The predicted octanol–water partition coefficient (Wildman–Crippen LogP) is 4.84. The molecule has 0 radical (unpaired) electrons. The van der Waals surface area contributed by atoms with Gasteiger partial charge in [-0.25, -0.2) is 14.4 Å². The van der Waals surface area contributed by atoms with Gasteiger partial charge in [0.05, 0.1) is 55.6 Å². The van der Waals surface area contributed by atoms with Crippen molar-refractivity contribution < 1.29 is 82.3 Å². The number of allylic oxidation sites excluding steroid dienone is 3. The number of cyclic esters (lactones) is 1. The highest BCUT2D eigenvalue weighted by molar-refractivity contribution is 5.85. The van der Waals surface area contributed by atoms with Crippen LogP contribution in [-0.2, 0) is 61.9 Å². The van der Waals surface area contributed by atoms with Crippen molar-refractivity contribution >= 4 is 29.8 Å². The molecule has 3 unspecified atom stereocenters. The number of methoxy groups -OCH3 is 1. The number of fused-ring (bicyclic) bond motifs is 6. The minimum Gasteiger partial charge on any atom is -0.466 e. The molecule has 0 aromatic rings. The number of esters is 5. The molecule has 0 aromatic carbocycles. The Bertz CT molecular complexity index is 1890. The van der Waals surface area contributed by atoms with Crippen molar-refractivity contribution in [3.63, 3.8) is 0 Å². The summed E-state index contributed by atoms with van der Waals surface area (Å²) in [6.45, 7) is 14.7. The van der Waals surface area contributed by atoms with Gasteiger partial charge in [0.2, 0.25) is 5.79 Å². The zero-order valence-corrected chi connectivity index (χ0v) is 39.5. The van der Waals surface area contributed by atoms with Gasteiger partial charge in [-0.05, 0) is 38.2 Å². The number of hydrogen-bond donors (Lipinski definition) is 4. The molecule has 368 valence electrons. The Morgan fingerprint density at radius 1 is 0.924 bits per heavy atom. The number of carbonyl (C=O) groups excluding carboxylic acids is 5. The molecule has 4 N–H and O–H groups in total. The van der Waals surface area contributed by atoms with E-state index in [0.29, 0.717) is 5.57 Å². The zero-order chi connectivity index (χ0) is 49.0. The summed E-state index contributed by atoms with van der Waals surface area (Å²) >= 11 is 0. The molecule has 0 saturated carbocycles. The molecule has 66 heavy (non-hydrogen) atoms. The Labute approximate surface area is 387 Å². The number of unbranched alkanes of at least 4 members (excludes halogenated alkanes) is 1. The lowest BCUT2D eigenvalue weighted by molar-refractivity contribution is -0.348. The first kappa shape index (κ1) is 54.1. The first-order valence-corrected chi connectivity index (χ1v) is 22.6. The van der Waals surface area contributed by atoms with Crippen LogP contribution >= 0.6 is 0 Å². The third-order valence-electron chi connectivity index (χ3n) is 12.5. The molecule has 17 heteroatoms. The van der Waals surface area contributed by atoms with Gasteiger partial charge in [0.25, 0.3) is 0 Å². The van der Waals surface area contributed by atoms with Gasteiger partial charge in [-0.1, -0.05) is 89.6 Å². The third-order valence-corrected chi connectivity index (χ3v) is 12.5. The van der Waals surface area contributed by atoms with E-state index in [-0.39, 0.29) is 57.1 Å². The fraction of sp³-hybridized carbons (Fsp3) is 0.653. The highest BCUT2D eigenvalue weighted by atomic mass is 16.7. The van der Waals surface area contributed by atoms with E-state index in [2.05, 4.69) is 6.58 Å². The number of hydrogen-bond acceptors (Lipinski definition) is 17. The molecule has 0 spiro atoms. The standard InChI is InChI=1S/C49H70O17/c1-10-12-13-14-15-16-41(53)64-45-33(24-42(54)59-9)23-36-27-39(30(3)50)63-44(56)26-34(52)25-37-28-40(61-31(4)51)47(7,8)48(57,65-37)29-38-21-32(22-43(55)60-19-11-2)20-35(62-38)17-18-46(5,6)49(45,58)66-36/h11,13-18,22,24,30,34-40,45,50,52,57-58H,2,10,12,19-21,23,25-29H2,1,3-9H3/b14-13+,16-15+,18-17+,32-22-,33-24+/t30-,34-,35?,36+,37?,38+,39-,40+,45?,48+,49-/m1/s1. The third kappa shape index (κ3) is 14.3. The van der Waals surface area contributed by atoms with E-state index in [1.165, 1.54) is 32.1 Å². The van der Waals surface area contributed by atoms with Crippen LogP contribution in [0.3, 0.4) is 0 Å². The predicted molar refractivity (Wildman–Crippen MR) is 237 cm³/mol. The summed E-state index contributed by atoms with van der Waals surface area (Å²) in [7, 11) is 1.16. The molecular formula is C49H70O17. The second kappa shape index (κ2) is 23.5. The lowest BCUT2D eigenvalue weighted by atomic mass is 9.70. The van der Waals surface area contributed by atoms with Crippen molar-refractivity contribution in [3.8, 4) is 0 Å². The summed E-state index contributed by atoms with van der Waals surface area (Å²) in [6.07, 6.45) is 3.79. The number of aliphatic hydroxyl groups is 4. The highest BCUT2D eigenvalue weighted by Gasteiger charge is 2.59. The SMILES string of the molecule is C=CCOC(=O)/C=C1/CC2/C=C/C(C)(C)[C@]3(O)O[C@@H](C/C(=C\C(=O)OC)C3OC(=O)/C=C/C=C/CCC)C[C@H]([C@@H](C)O)OC(=O)C[C@H](O)CC3C[C@H](OC(C)=O)C(C)(C)[C@](O)(C[C@H](C1)O2)O3. The van der Waals surface area contributed by atoms with E-state index in [1.54, 1.807) is 45.9 Å². The molecule has 3 saturated heterocycles. The number of carbonyl (C=O) groups is 5. The van der Waals surface area contributed by atoms with Crippen LogP contribution in [-0.4, -0.2) is 130 Å². The minimum absolute atomic E-state index is 0.0363. The molecule has 0 aliphatic carbocycles.